The third kappa shape index (κ3) is 2.40. The van der Waals surface area contributed by atoms with E-state index in [-0.39, 0.29) is 0 Å². The van der Waals surface area contributed by atoms with Crippen LogP contribution in [-0.2, 0) is 0 Å². The molecule has 0 aliphatic carbocycles. The van der Waals surface area contributed by atoms with E-state index in [4.69, 9.17) is 4.74 Å². The molecule has 0 aliphatic heterocycles. The fourth-order valence-electron chi connectivity index (χ4n) is 1.89. The molecule has 1 heterocycles. The zero-order valence-electron chi connectivity index (χ0n) is 11.0. The van der Waals surface area contributed by atoms with Gasteiger partial charge < -0.3 is 9.84 Å². The molecule has 0 fully saturated rings. The number of aliphatic hydroxyl groups is 1. The molecule has 2 aromatic rings. The third-order valence-corrected chi connectivity index (χ3v) is 3.98. The Morgan fingerprint density at radius 3 is 2.56 bits per heavy atom. The molecule has 0 aliphatic rings. The minimum absolute atomic E-state index is 0.512. The Kier molecular flexibility index (Phi) is 3.68. The monoisotopic (exact) mass is 263 g/mol. The van der Waals surface area contributed by atoms with E-state index < -0.39 is 6.10 Å². The fourth-order valence-corrected chi connectivity index (χ4v) is 2.77. The van der Waals surface area contributed by atoms with Crippen molar-refractivity contribution in [1.82, 2.24) is 4.98 Å². The van der Waals surface area contributed by atoms with E-state index in [1.165, 1.54) is 0 Å². The van der Waals surface area contributed by atoms with E-state index in [2.05, 4.69) is 11.1 Å². The highest BCUT2D eigenvalue weighted by Crippen LogP contribution is 2.32. The van der Waals surface area contributed by atoms with Gasteiger partial charge in [0.2, 0.25) is 0 Å². The molecule has 0 saturated carbocycles. The summed E-state index contributed by atoms with van der Waals surface area (Å²) in [5.74, 6) is 0.877. The number of aryl methyl sites for hydroxylation is 2. The van der Waals surface area contributed by atoms with E-state index in [9.17, 15) is 5.11 Å². The second-order valence-corrected chi connectivity index (χ2v) is 5.55. The lowest BCUT2D eigenvalue weighted by atomic mass is 10.1. The van der Waals surface area contributed by atoms with Gasteiger partial charge in [-0.3, -0.25) is 0 Å². The maximum Gasteiger partial charge on any atom is 0.122 e. The number of aliphatic hydroxyl groups excluding tert-OH is 1. The number of aromatic nitrogens is 1. The van der Waals surface area contributed by atoms with Gasteiger partial charge in [-0.05, 0) is 44.5 Å². The smallest absolute Gasteiger partial charge is 0.122 e. The minimum Gasteiger partial charge on any atom is -0.496 e. The molecule has 0 amide bonds. The Bertz CT molecular complexity index is 561. The number of methoxy groups -OCH3 is 1. The number of nitrogens with zero attached hydrogens (tertiary/aromatic N) is 1. The average molecular weight is 263 g/mol. The summed E-state index contributed by atoms with van der Waals surface area (Å²) in [6, 6.07) is 6.01. The summed E-state index contributed by atoms with van der Waals surface area (Å²) in [5, 5.41) is 10.3. The predicted molar refractivity (Wildman–Crippen MR) is 74.2 cm³/mol. The third-order valence-electron chi connectivity index (χ3n) is 2.84. The second kappa shape index (κ2) is 5.08. The van der Waals surface area contributed by atoms with Crippen molar-refractivity contribution in [3.63, 3.8) is 0 Å². The van der Waals surface area contributed by atoms with Crippen LogP contribution in [0.25, 0.3) is 11.3 Å². The Morgan fingerprint density at radius 2 is 2.06 bits per heavy atom. The van der Waals surface area contributed by atoms with Crippen LogP contribution in [0.5, 0.6) is 5.75 Å². The lowest BCUT2D eigenvalue weighted by molar-refractivity contribution is 0.199. The highest BCUT2D eigenvalue weighted by molar-refractivity contribution is 7.12. The van der Waals surface area contributed by atoms with Gasteiger partial charge in [0.15, 0.2) is 0 Å². The Morgan fingerprint density at radius 1 is 1.33 bits per heavy atom. The highest BCUT2D eigenvalue weighted by Gasteiger charge is 2.13. The summed E-state index contributed by atoms with van der Waals surface area (Å²) in [6.07, 6.45) is -0.512. The molecular weight excluding hydrogens is 246 g/mol. The first-order chi connectivity index (χ1) is 8.52. The molecular formula is C14H17NO2S. The predicted octanol–water partition coefficient (Wildman–Crippen LogP) is 3.49. The Balaban J connectivity index is 2.45. The van der Waals surface area contributed by atoms with Gasteiger partial charge in [-0.1, -0.05) is 0 Å². The molecule has 0 radical (unpaired) electrons. The molecule has 3 nitrogen and oxygen atoms in total. The van der Waals surface area contributed by atoms with Gasteiger partial charge in [-0.2, -0.15) is 0 Å². The van der Waals surface area contributed by atoms with Crippen LogP contribution >= 0.6 is 11.3 Å². The second-order valence-electron chi connectivity index (χ2n) is 4.32. The van der Waals surface area contributed by atoms with Crippen LogP contribution in [0, 0.1) is 13.8 Å². The Hall–Kier alpha value is -1.39. The van der Waals surface area contributed by atoms with Gasteiger partial charge in [0, 0.05) is 10.4 Å². The maximum atomic E-state index is 9.57. The van der Waals surface area contributed by atoms with E-state index >= 15 is 0 Å². The number of thiazole rings is 1. The molecule has 1 N–H and O–H groups in total. The van der Waals surface area contributed by atoms with Gasteiger partial charge in [-0.15, -0.1) is 11.3 Å². The van der Waals surface area contributed by atoms with Gasteiger partial charge in [0.1, 0.15) is 16.9 Å². The quantitative estimate of drug-likeness (QED) is 0.921. The number of hydrogen-bond donors (Lipinski definition) is 1. The van der Waals surface area contributed by atoms with E-state index in [0.29, 0.717) is 0 Å². The largest absolute Gasteiger partial charge is 0.496 e. The summed E-state index contributed by atoms with van der Waals surface area (Å²) in [4.78, 5) is 5.62. The molecule has 1 unspecified atom stereocenters. The number of hydrogen-bond acceptors (Lipinski definition) is 4. The molecule has 18 heavy (non-hydrogen) atoms. The first-order valence-electron chi connectivity index (χ1n) is 5.83. The van der Waals surface area contributed by atoms with Crippen LogP contribution in [0.4, 0.5) is 0 Å². The van der Waals surface area contributed by atoms with Crippen molar-refractivity contribution in [1.29, 1.82) is 0 Å². The van der Waals surface area contributed by atoms with Crippen molar-refractivity contribution in [3.05, 3.63) is 33.6 Å². The van der Waals surface area contributed by atoms with Crippen molar-refractivity contribution < 1.29 is 9.84 Å². The molecule has 0 bridgehead atoms. The van der Waals surface area contributed by atoms with Crippen LogP contribution < -0.4 is 4.74 Å². The first-order valence-corrected chi connectivity index (χ1v) is 6.65. The lowest BCUT2D eigenvalue weighted by Crippen LogP contribution is -1.91. The molecule has 96 valence electrons. The molecule has 1 aromatic carbocycles. The van der Waals surface area contributed by atoms with E-state index in [1.54, 1.807) is 25.4 Å². The zero-order chi connectivity index (χ0) is 13.3. The zero-order valence-corrected chi connectivity index (χ0v) is 11.8. The van der Waals surface area contributed by atoms with Crippen molar-refractivity contribution in [2.75, 3.05) is 7.11 Å². The number of ether oxygens (including phenoxy) is 1. The van der Waals surface area contributed by atoms with Crippen LogP contribution in [0.3, 0.4) is 0 Å². The van der Waals surface area contributed by atoms with Crippen LogP contribution in [0.2, 0.25) is 0 Å². The van der Waals surface area contributed by atoms with Crippen molar-refractivity contribution in [2.24, 2.45) is 0 Å². The number of rotatable bonds is 3. The topological polar surface area (TPSA) is 42.4 Å². The summed E-state index contributed by atoms with van der Waals surface area (Å²) in [7, 11) is 1.67. The summed E-state index contributed by atoms with van der Waals surface area (Å²) < 4.78 is 5.25. The Labute approximate surface area is 111 Å². The molecule has 0 spiro atoms. The van der Waals surface area contributed by atoms with Crippen molar-refractivity contribution in [3.8, 4) is 17.0 Å². The van der Waals surface area contributed by atoms with E-state index in [1.807, 2.05) is 26.0 Å². The normalized spacial score (nSPS) is 12.5. The average Bonchev–Trinajstić information content (AvgIpc) is 2.71. The van der Waals surface area contributed by atoms with Crippen LogP contribution in [0.15, 0.2) is 18.2 Å². The number of benzene rings is 1. The SMILES string of the molecule is COc1ccc(-c2nc(C(C)O)sc2C)cc1C. The van der Waals surface area contributed by atoms with Crippen LogP contribution in [-0.4, -0.2) is 17.2 Å². The minimum atomic E-state index is -0.512. The lowest BCUT2D eigenvalue weighted by Gasteiger charge is -2.06. The highest BCUT2D eigenvalue weighted by atomic mass is 32.1. The standard InChI is InChI=1S/C14H17NO2S/c1-8-7-11(5-6-12(8)17-4)13-10(3)18-14(15-13)9(2)16/h5-7,9,16H,1-4H3. The summed E-state index contributed by atoms with van der Waals surface area (Å²) in [5.41, 5.74) is 3.09. The first kappa shape index (κ1) is 13.1. The molecule has 1 aromatic heterocycles. The van der Waals surface area contributed by atoms with Gasteiger partial charge >= 0.3 is 0 Å². The molecule has 2 rings (SSSR count). The van der Waals surface area contributed by atoms with Crippen molar-refractivity contribution in [2.45, 2.75) is 26.9 Å². The molecule has 1 atom stereocenters. The maximum absolute atomic E-state index is 9.57. The summed E-state index contributed by atoms with van der Waals surface area (Å²) >= 11 is 1.54. The van der Waals surface area contributed by atoms with Crippen molar-refractivity contribution >= 4 is 11.3 Å². The van der Waals surface area contributed by atoms with Gasteiger partial charge in [-0.25, -0.2) is 4.98 Å². The van der Waals surface area contributed by atoms with Gasteiger partial charge in [0.25, 0.3) is 0 Å². The molecule has 4 heteroatoms. The van der Waals surface area contributed by atoms with Crippen LogP contribution in [0.1, 0.15) is 28.5 Å². The molecule has 0 saturated heterocycles. The van der Waals surface area contributed by atoms with Gasteiger partial charge in [0.05, 0.1) is 12.8 Å². The van der Waals surface area contributed by atoms with E-state index in [0.717, 1.165) is 32.5 Å². The fraction of sp³-hybridized carbons (Fsp3) is 0.357. The summed E-state index contributed by atoms with van der Waals surface area (Å²) in [6.45, 7) is 5.78.